The van der Waals surface area contributed by atoms with Crippen molar-refractivity contribution in [2.75, 3.05) is 33.5 Å². The third kappa shape index (κ3) is 7.81. The fourth-order valence-corrected chi connectivity index (χ4v) is 3.18. The van der Waals surface area contributed by atoms with Gasteiger partial charge in [0.05, 0.1) is 19.8 Å². The largest absolute Gasteiger partial charge is 0.492 e. The third-order valence-electron chi connectivity index (χ3n) is 4.91. The van der Waals surface area contributed by atoms with E-state index in [-0.39, 0.29) is 19.8 Å². The van der Waals surface area contributed by atoms with Crippen LogP contribution >= 0.6 is 0 Å². The van der Waals surface area contributed by atoms with Gasteiger partial charge in [0.25, 0.3) is 0 Å². The minimum absolute atomic E-state index is 0.0842. The molecule has 33 heavy (non-hydrogen) atoms. The fourth-order valence-electron chi connectivity index (χ4n) is 3.18. The van der Waals surface area contributed by atoms with E-state index in [0.29, 0.717) is 12.2 Å². The molecule has 3 unspecified atom stereocenters. The molecule has 0 aromatic heterocycles. The average Bonchev–Trinajstić information content (AvgIpc) is 2.81. The highest BCUT2D eigenvalue weighted by Crippen LogP contribution is 2.24. The Labute approximate surface area is 191 Å². The van der Waals surface area contributed by atoms with E-state index in [1.807, 2.05) is 0 Å². The van der Waals surface area contributed by atoms with Crippen molar-refractivity contribution in [3.05, 3.63) is 29.8 Å². The Hall–Kier alpha value is -2.48. The van der Waals surface area contributed by atoms with Crippen molar-refractivity contribution in [2.24, 2.45) is 5.73 Å². The zero-order valence-electron chi connectivity index (χ0n) is 18.6. The Balaban J connectivity index is 1.74. The molecule has 0 spiro atoms. The van der Waals surface area contributed by atoms with Crippen LogP contribution in [0.3, 0.4) is 0 Å². The molecule has 1 fully saturated rings. The highest BCUT2D eigenvalue weighted by atomic mass is 16.7. The summed E-state index contributed by atoms with van der Waals surface area (Å²) >= 11 is 0. The molecule has 1 heterocycles. The number of benzene rings is 1. The molecule has 1 aromatic carbocycles. The average molecular weight is 472 g/mol. The number of methoxy groups -OCH3 is 1. The van der Waals surface area contributed by atoms with Crippen molar-refractivity contribution < 1.29 is 48.6 Å². The van der Waals surface area contributed by atoms with Gasteiger partial charge in [-0.25, -0.2) is 4.79 Å². The third-order valence-corrected chi connectivity index (χ3v) is 4.91. The minimum atomic E-state index is -1.44. The van der Waals surface area contributed by atoms with Gasteiger partial charge in [-0.15, -0.1) is 0 Å². The van der Waals surface area contributed by atoms with Gasteiger partial charge in [0, 0.05) is 7.11 Å². The molecule has 2 rings (SSSR count). The van der Waals surface area contributed by atoms with Gasteiger partial charge in [-0.2, -0.15) is 0 Å². The van der Waals surface area contributed by atoms with E-state index in [4.69, 9.17) is 29.4 Å². The van der Waals surface area contributed by atoms with Crippen LogP contribution in [0.4, 0.5) is 4.79 Å². The first-order valence-electron chi connectivity index (χ1n) is 10.5. The molecule has 1 aromatic rings. The fraction of sp³-hybridized carbons (Fsp3) is 0.619. The number of aliphatic hydroxyl groups is 3. The highest BCUT2D eigenvalue weighted by Gasteiger charge is 2.46. The topological polar surface area (TPSA) is 179 Å². The molecule has 1 aliphatic heterocycles. The van der Waals surface area contributed by atoms with Crippen molar-refractivity contribution in [2.45, 2.75) is 50.1 Å². The number of amides is 1. The maximum absolute atomic E-state index is 12.0. The molecule has 12 heteroatoms. The van der Waals surface area contributed by atoms with Crippen molar-refractivity contribution >= 4 is 12.1 Å². The van der Waals surface area contributed by atoms with E-state index in [9.17, 15) is 24.9 Å². The van der Waals surface area contributed by atoms with Gasteiger partial charge >= 0.3 is 12.1 Å². The van der Waals surface area contributed by atoms with Crippen LogP contribution in [0.5, 0.6) is 5.75 Å². The molecule has 12 nitrogen and oxygen atoms in total. The number of hydrogen-bond acceptors (Lipinski definition) is 11. The van der Waals surface area contributed by atoms with Gasteiger partial charge in [-0.05, 0) is 31.0 Å². The molecular weight excluding hydrogens is 440 g/mol. The van der Waals surface area contributed by atoms with Crippen LogP contribution in [0, 0.1) is 0 Å². The summed E-state index contributed by atoms with van der Waals surface area (Å²) in [4.78, 5) is 23.6. The maximum Gasteiger partial charge on any atom is 0.407 e. The van der Waals surface area contributed by atoms with Crippen LogP contribution in [0.2, 0.25) is 0 Å². The molecule has 6 atom stereocenters. The number of carbonyl (C=O) groups excluding carboxylic acids is 2. The number of carbonyl (C=O) groups is 2. The predicted octanol–water partition coefficient (Wildman–Crippen LogP) is -1.32. The molecule has 0 saturated carbocycles. The number of aliphatic hydroxyl groups excluding tert-OH is 3. The summed E-state index contributed by atoms with van der Waals surface area (Å²) in [6.07, 6.45) is -7.03. The lowest BCUT2D eigenvalue weighted by atomic mass is 9.99. The van der Waals surface area contributed by atoms with Gasteiger partial charge in [-0.3, -0.25) is 4.79 Å². The van der Waals surface area contributed by atoms with Crippen molar-refractivity contribution in [1.82, 2.24) is 5.32 Å². The molecule has 0 radical (unpaired) electrons. The second-order valence-electron chi connectivity index (χ2n) is 7.29. The summed E-state index contributed by atoms with van der Waals surface area (Å²) in [6.45, 7) is 1.65. The first kappa shape index (κ1) is 26.8. The summed E-state index contributed by atoms with van der Waals surface area (Å²) in [5, 5.41) is 32.0. The molecular formula is C21H32N2O10. The van der Waals surface area contributed by atoms with Crippen molar-refractivity contribution in [3.63, 3.8) is 0 Å². The number of ether oxygens (including phenoxy) is 5. The molecule has 1 saturated heterocycles. The first-order chi connectivity index (χ1) is 15.8. The van der Waals surface area contributed by atoms with E-state index in [1.54, 1.807) is 31.2 Å². The van der Waals surface area contributed by atoms with E-state index < -0.39 is 55.4 Å². The van der Waals surface area contributed by atoms with Gasteiger partial charge < -0.3 is 50.1 Å². The lowest BCUT2D eigenvalue weighted by Gasteiger charge is -2.40. The predicted molar refractivity (Wildman–Crippen MR) is 113 cm³/mol. The van der Waals surface area contributed by atoms with Gasteiger partial charge in [0.15, 0.2) is 12.4 Å². The summed E-state index contributed by atoms with van der Waals surface area (Å²) in [7, 11) is 1.27. The standard InChI is InChI=1S/C21H32N2O10/c1-3-30-19(27)14(22)10-12-4-6-13(7-5-12)31-9-8-23-21(28)33-18-16(25)15(11-24)32-20(29-2)17(18)26/h4-7,14-18,20,24-26H,3,8-11,22H2,1-2H3,(H,23,28)/t14-,15?,16-,17?,18?,20+/m1/s1. The molecule has 1 aliphatic rings. The monoisotopic (exact) mass is 472 g/mol. The van der Waals surface area contributed by atoms with Crippen molar-refractivity contribution in [3.8, 4) is 5.75 Å². The quantitative estimate of drug-likeness (QED) is 0.190. The van der Waals surface area contributed by atoms with Crippen LogP contribution in [-0.2, 0) is 30.2 Å². The van der Waals surface area contributed by atoms with E-state index in [2.05, 4.69) is 5.32 Å². The normalized spacial score (nSPS) is 25.7. The number of nitrogens with one attached hydrogen (secondary N) is 1. The molecule has 1 amide bonds. The van der Waals surface area contributed by atoms with Gasteiger partial charge in [-0.1, -0.05) is 12.1 Å². The SMILES string of the molecule is CCOC(=O)[C@H](N)Cc1ccc(OCCNC(=O)OC2C(O)[C@@H](OC)OC(CO)[C@H]2O)cc1. The minimum Gasteiger partial charge on any atom is -0.492 e. The Bertz CT molecular complexity index is 731. The van der Waals surface area contributed by atoms with Crippen LogP contribution in [-0.4, -0.2) is 97.6 Å². The summed E-state index contributed by atoms with van der Waals surface area (Å²) < 4.78 is 25.6. The molecule has 0 aliphatic carbocycles. The maximum atomic E-state index is 12.0. The lowest BCUT2D eigenvalue weighted by Crippen LogP contribution is -2.60. The number of hydrogen-bond donors (Lipinski definition) is 5. The van der Waals surface area contributed by atoms with E-state index in [0.717, 1.165) is 5.56 Å². The van der Waals surface area contributed by atoms with Crippen LogP contribution < -0.4 is 15.8 Å². The highest BCUT2D eigenvalue weighted by molar-refractivity contribution is 5.75. The summed E-state index contributed by atoms with van der Waals surface area (Å²) in [5.74, 6) is 0.0869. The number of rotatable bonds is 11. The van der Waals surface area contributed by atoms with Crippen LogP contribution in [0.15, 0.2) is 24.3 Å². The van der Waals surface area contributed by atoms with E-state index in [1.165, 1.54) is 7.11 Å². The second-order valence-corrected chi connectivity index (χ2v) is 7.29. The van der Waals surface area contributed by atoms with Gasteiger partial charge in [0.1, 0.15) is 36.7 Å². The number of nitrogens with two attached hydrogens (primary N) is 1. The Morgan fingerprint density at radius 3 is 2.52 bits per heavy atom. The molecule has 6 N–H and O–H groups in total. The Morgan fingerprint density at radius 1 is 1.21 bits per heavy atom. The summed E-state index contributed by atoms with van der Waals surface area (Å²) in [5.41, 5.74) is 6.64. The smallest absolute Gasteiger partial charge is 0.407 e. The summed E-state index contributed by atoms with van der Waals surface area (Å²) in [6, 6.07) is 6.22. The van der Waals surface area contributed by atoms with Crippen LogP contribution in [0.1, 0.15) is 12.5 Å². The zero-order valence-corrected chi connectivity index (χ0v) is 18.6. The van der Waals surface area contributed by atoms with Crippen molar-refractivity contribution in [1.29, 1.82) is 0 Å². The van der Waals surface area contributed by atoms with E-state index >= 15 is 0 Å². The first-order valence-corrected chi connectivity index (χ1v) is 10.5. The number of alkyl carbamates (subject to hydrolysis) is 1. The lowest BCUT2D eigenvalue weighted by molar-refractivity contribution is -0.293. The molecule has 186 valence electrons. The Kier molecular flexibility index (Phi) is 10.8. The van der Waals surface area contributed by atoms with Crippen LogP contribution in [0.25, 0.3) is 0 Å². The number of esters is 1. The molecule has 0 bridgehead atoms. The Morgan fingerprint density at radius 2 is 1.91 bits per heavy atom. The van der Waals surface area contributed by atoms with Gasteiger partial charge in [0.2, 0.25) is 0 Å². The second kappa shape index (κ2) is 13.3. The zero-order chi connectivity index (χ0) is 24.4.